The molecule has 0 aliphatic heterocycles. The molecule has 0 N–H and O–H groups in total. The molecule has 0 aliphatic rings. The molecule has 0 atom stereocenters. The first-order valence-electron chi connectivity index (χ1n) is 23.4. The highest BCUT2D eigenvalue weighted by Crippen LogP contribution is 2.40. The Morgan fingerprint density at radius 1 is 0.162 bits per heavy atom. The SMILES string of the molecule is c1ccc(-c2cccc(-c3cccc(-n4c5ccccc5c5ccc(-c6ccc7c8ccccc8n(-c8ccc(-c9cc(-c%10ccccc%10)cc(-c%10ccccc%10)c9)cc8)c7c6)cc54)c3)c2)cc1. The normalized spacial score (nSPS) is 11.5. The zero-order valence-electron chi connectivity index (χ0n) is 37.3. The second-order valence-corrected chi connectivity index (χ2v) is 17.7. The minimum atomic E-state index is 1.13. The van der Waals surface area contributed by atoms with Gasteiger partial charge in [0.15, 0.2) is 0 Å². The minimum Gasteiger partial charge on any atom is -0.309 e. The van der Waals surface area contributed by atoms with Crippen molar-refractivity contribution in [3.8, 4) is 78.1 Å². The molecule has 0 amide bonds. The average molecular weight is 865 g/mol. The van der Waals surface area contributed by atoms with Gasteiger partial charge in [0.1, 0.15) is 0 Å². The summed E-state index contributed by atoms with van der Waals surface area (Å²) in [4.78, 5) is 0. The van der Waals surface area contributed by atoms with Gasteiger partial charge in [-0.25, -0.2) is 0 Å². The van der Waals surface area contributed by atoms with E-state index in [-0.39, 0.29) is 0 Å². The molecule has 11 aromatic carbocycles. The predicted molar refractivity (Wildman–Crippen MR) is 288 cm³/mol. The number of hydrogen-bond acceptors (Lipinski definition) is 0. The molecule has 0 unspecified atom stereocenters. The van der Waals surface area contributed by atoms with E-state index in [4.69, 9.17) is 0 Å². The first kappa shape index (κ1) is 39.4. The monoisotopic (exact) mass is 864 g/mol. The lowest BCUT2D eigenvalue weighted by Crippen LogP contribution is -1.95. The van der Waals surface area contributed by atoms with Gasteiger partial charge in [0, 0.05) is 32.9 Å². The smallest absolute Gasteiger partial charge is 0.0547 e. The lowest BCUT2D eigenvalue weighted by molar-refractivity contribution is 1.18. The van der Waals surface area contributed by atoms with E-state index >= 15 is 0 Å². The van der Waals surface area contributed by atoms with E-state index in [1.165, 1.54) is 110 Å². The Kier molecular flexibility index (Phi) is 9.54. The standard InChI is InChI=1S/C66H44N2/c1-4-16-45(17-5-1)49-22-14-23-50(38-49)51-24-15-25-58(42-51)68-64-29-13-11-27-60(64)62-37-33-53(44-66(62)68)52-32-36-61-59-26-10-12-28-63(59)67(65(61)43-52)57-34-30-48(31-35-57)56-40-54(46-18-6-2-7-19-46)39-55(41-56)47-20-8-3-9-21-47/h1-44H. The molecule has 318 valence electrons. The number of benzene rings is 11. The van der Waals surface area contributed by atoms with Crippen molar-refractivity contribution in [1.82, 2.24) is 9.13 Å². The highest BCUT2D eigenvalue weighted by atomic mass is 15.0. The summed E-state index contributed by atoms with van der Waals surface area (Å²) in [6.07, 6.45) is 0. The van der Waals surface area contributed by atoms with Gasteiger partial charge in [0.05, 0.1) is 22.1 Å². The number of nitrogens with zero attached hydrogens (tertiary/aromatic N) is 2. The molecule has 0 saturated carbocycles. The molecule has 13 aromatic rings. The van der Waals surface area contributed by atoms with Crippen molar-refractivity contribution in [1.29, 1.82) is 0 Å². The lowest BCUT2D eigenvalue weighted by atomic mass is 9.93. The van der Waals surface area contributed by atoms with E-state index in [2.05, 4.69) is 276 Å². The van der Waals surface area contributed by atoms with Crippen LogP contribution in [0, 0.1) is 0 Å². The van der Waals surface area contributed by atoms with Crippen LogP contribution in [0.4, 0.5) is 0 Å². The van der Waals surface area contributed by atoms with Crippen LogP contribution in [0.3, 0.4) is 0 Å². The molecule has 0 bridgehead atoms. The largest absolute Gasteiger partial charge is 0.309 e. The summed E-state index contributed by atoms with van der Waals surface area (Å²) >= 11 is 0. The molecule has 2 heteroatoms. The average Bonchev–Trinajstić information content (AvgIpc) is 3.94. The molecule has 0 saturated heterocycles. The Morgan fingerprint density at radius 3 is 1.00 bits per heavy atom. The van der Waals surface area contributed by atoms with Crippen molar-refractivity contribution >= 4 is 43.6 Å². The van der Waals surface area contributed by atoms with Gasteiger partial charge in [0.2, 0.25) is 0 Å². The first-order chi connectivity index (χ1) is 33.7. The van der Waals surface area contributed by atoms with Crippen molar-refractivity contribution in [3.05, 3.63) is 267 Å². The maximum absolute atomic E-state index is 2.44. The summed E-state index contributed by atoms with van der Waals surface area (Å²) in [5.41, 5.74) is 21.4. The van der Waals surface area contributed by atoms with Gasteiger partial charge in [0.25, 0.3) is 0 Å². The molecular formula is C66H44N2. The molecule has 0 radical (unpaired) electrons. The molecule has 68 heavy (non-hydrogen) atoms. The van der Waals surface area contributed by atoms with Crippen molar-refractivity contribution in [2.24, 2.45) is 0 Å². The maximum Gasteiger partial charge on any atom is 0.0547 e. The highest BCUT2D eigenvalue weighted by molar-refractivity contribution is 6.12. The van der Waals surface area contributed by atoms with Crippen LogP contribution in [0.2, 0.25) is 0 Å². The van der Waals surface area contributed by atoms with Gasteiger partial charge in [-0.3, -0.25) is 0 Å². The highest BCUT2D eigenvalue weighted by Gasteiger charge is 2.17. The van der Waals surface area contributed by atoms with Crippen LogP contribution in [0.1, 0.15) is 0 Å². The molecular weight excluding hydrogens is 821 g/mol. The third kappa shape index (κ3) is 6.90. The molecule has 13 rings (SSSR count). The third-order valence-electron chi connectivity index (χ3n) is 13.7. The Hall–Kier alpha value is -8.98. The Morgan fingerprint density at radius 2 is 0.485 bits per heavy atom. The second kappa shape index (κ2) is 16.5. The number of fused-ring (bicyclic) bond motifs is 6. The van der Waals surface area contributed by atoms with E-state index in [1.807, 2.05) is 0 Å². The van der Waals surface area contributed by atoms with Crippen molar-refractivity contribution in [3.63, 3.8) is 0 Å². The zero-order chi connectivity index (χ0) is 45.0. The van der Waals surface area contributed by atoms with Crippen molar-refractivity contribution < 1.29 is 0 Å². The molecule has 2 heterocycles. The van der Waals surface area contributed by atoms with Crippen molar-refractivity contribution in [2.75, 3.05) is 0 Å². The zero-order valence-corrected chi connectivity index (χ0v) is 37.3. The van der Waals surface area contributed by atoms with E-state index in [9.17, 15) is 0 Å². The van der Waals surface area contributed by atoms with Crippen LogP contribution in [-0.4, -0.2) is 9.13 Å². The van der Waals surface area contributed by atoms with Crippen LogP contribution in [0.25, 0.3) is 122 Å². The fourth-order valence-corrected chi connectivity index (χ4v) is 10.4. The molecule has 0 spiro atoms. The van der Waals surface area contributed by atoms with Gasteiger partial charge in [-0.05, 0) is 140 Å². The Balaban J connectivity index is 0.912. The molecule has 2 aromatic heterocycles. The molecule has 0 aliphatic carbocycles. The van der Waals surface area contributed by atoms with E-state index in [0.29, 0.717) is 0 Å². The van der Waals surface area contributed by atoms with Gasteiger partial charge < -0.3 is 9.13 Å². The first-order valence-corrected chi connectivity index (χ1v) is 23.4. The Bertz CT molecular complexity index is 3930. The quantitative estimate of drug-likeness (QED) is 0.144. The van der Waals surface area contributed by atoms with Gasteiger partial charge >= 0.3 is 0 Å². The van der Waals surface area contributed by atoms with E-state index in [1.54, 1.807) is 0 Å². The summed E-state index contributed by atoms with van der Waals surface area (Å²) < 4.78 is 4.87. The van der Waals surface area contributed by atoms with Crippen LogP contribution >= 0.6 is 0 Å². The summed E-state index contributed by atoms with van der Waals surface area (Å²) in [6.45, 7) is 0. The second-order valence-electron chi connectivity index (χ2n) is 17.7. The number of para-hydroxylation sites is 2. The number of rotatable bonds is 8. The fraction of sp³-hybridized carbons (Fsp3) is 0. The van der Waals surface area contributed by atoms with Crippen molar-refractivity contribution in [2.45, 2.75) is 0 Å². The summed E-state index contributed by atoms with van der Waals surface area (Å²) in [6, 6.07) is 97.5. The topological polar surface area (TPSA) is 9.86 Å². The van der Waals surface area contributed by atoms with Crippen LogP contribution in [0.15, 0.2) is 267 Å². The fourth-order valence-electron chi connectivity index (χ4n) is 10.4. The third-order valence-corrected chi connectivity index (χ3v) is 13.7. The predicted octanol–water partition coefficient (Wildman–Crippen LogP) is 17.9. The van der Waals surface area contributed by atoms with Crippen LogP contribution in [-0.2, 0) is 0 Å². The van der Waals surface area contributed by atoms with Crippen LogP contribution < -0.4 is 0 Å². The van der Waals surface area contributed by atoms with Gasteiger partial charge in [-0.15, -0.1) is 0 Å². The molecule has 2 nitrogen and oxygen atoms in total. The summed E-state index contributed by atoms with van der Waals surface area (Å²) in [7, 11) is 0. The lowest BCUT2D eigenvalue weighted by Gasteiger charge is -2.13. The minimum absolute atomic E-state index is 1.13. The maximum atomic E-state index is 2.44. The number of aromatic nitrogens is 2. The van der Waals surface area contributed by atoms with Gasteiger partial charge in [-0.1, -0.05) is 194 Å². The Labute approximate surface area is 395 Å². The van der Waals surface area contributed by atoms with E-state index in [0.717, 1.165) is 11.4 Å². The van der Waals surface area contributed by atoms with E-state index < -0.39 is 0 Å². The van der Waals surface area contributed by atoms with Crippen LogP contribution in [0.5, 0.6) is 0 Å². The number of hydrogen-bond donors (Lipinski definition) is 0. The molecule has 0 fully saturated rings. The van der Waals surface area contributed by atoms with Gasteiger partial charge in [-0.2, -0.15) is 0 Å². The summed E-state index contributed by atoms with van der Waals surface area (Å²) in [5, 5.41) is 4.96. The summed E-state index contributed by atoms with van der Waals surface area (Å²) in [5.74, 6) is 0.